The van der Waals surface area contributed by atoms with Crippen LogP contribution in [0.1, 0.15) is 0 Å². The highest BCUT2D eigenvalue weighted by Crippen LogP contribution is 2.40. The Morgan fingerprint density at radius 1 is 0.788 bits per heavy atom. The fraction of sp³-hybridized carbons (Fsp3) is 0.273. The van der Waals surface area contributed by atoms with E-state index in [-0.39, 0.29) is 12.4 Å². The molecule has 11 heteroatoms. The minimum Gasteiger partial charge on any atom is -0.493 e. The van der Waals surface area contributed by atoms with E-state index in [0.29, 0.717) is 47.4 Å². The molecular weight excluding hydrogens is 454 g/mol. The number of benzene rings is 2. The molecule has 0 fully saturated rings. The summed E-state index contributed by atoms with van der Waals surface area (Å²) in [7, 11) is 6.03. The van der Waals surface area contributed by atoms with E-state index in [2.05, 4.69) is 15.0 Å². The van der Waals surface area contributed by atoms with Crippen molar-refractivity contribution in [3.8, 4) is 34.3 Å². The zero-order valence-corrected chi connectivity index (χ0v) is 19.4. The van der Waals surface area contributed by atoms with Gasteiger partial charge in [-0.1, -0.05) is 0 Å². The number of ether oxygens (including phenoxy) is 3. The maximum absolute atomic E-state index is 5.78. The van der Waals surface area contributed by atoms with Crippen LogP contribution in [0.2, 0.25) is 0 Å². The minimum absolute atomic E-state index is 0. The van der Waals surface area contributed by atoms with Crippen LogP contribution in [0.4, 0.5) is 0 Å². The van der Waals surface area contributed by atoms with Crippen LogP contribution in [-0.2, 0) is 14.5 Å². The highest BCUT2D eigenvalue weighted by atomic mass is 35.5. The molecule has 0 bridgehead atoms. The number of hydrogen-bond donors (Lipinski definition) is 1. The molecule has 0 radical (unpaired) electrons. The molecule has 0 aliphatic heterocycles. The highest BCUT2D eigenvalue weighted by Gasteiger charge is 2.18. The van der Waals surface area contributed by atoms with Gasteiger partial charge >= 0.3 is 0 Å². The molecule has 10 nitrogen and oxygen atoms in total. The van der Waals surface area contributed by atoms with Crippen LogP contribution in [0.15, 0.2) is 36.8 Å². The highest BCUT2D eigenvalue weighted by molar-refractivity contribution is 6.04. The molecule has 0 amide bonds. The van der Waals surface area contributed by atoms with Gasteiger partial charge in [0.05, 0.1) is 44.7 Å². The van der Waals surface area contributed by atoms with Crippen LogP contribution in [0.25, 0.3) is 33.1 Å². The molecule has 0 atom stereocenters. The summed E-state index contributed by atoms with van der Waals surface area (Å²) in [4.78, 5) is 32.2. The van der Waals surface area contributed by atoms with E-state index < -0.39 is 0 Å². The van der Waals surface area contributed by atoms with Gasteiger partial charge in [-0.2, -0.15) is 9.78 Å². The van der Waals surface area contributed by atoms with Gasteiger partial charge in [-0.05, 0) is 12.1 Å². The maximum atomic E-state index is 5.78. The van der Waals surface area contributed by atoms with E-state index in [4.69, 9.17) is 33.8 Å². The Bertz CT molecular complexity index is 1230. The van der Waals surface area contributed by atoms with Gasteiger partial charge in [0.15, 0.2) is 11.5 Å². The second-order valence-corrected chi connectivity index (χ2v) is 6.63. The fourth-order valence-corrected chi connectivity index (χ4v) is 3.42. The number of methoxy groups -OCH3 is 2. The Hall–Kier alpha value is -3.31. The molecule has 0 saturated carbocycles. The average molecular weight is 478 g/mol. The van der Waals surface area contributed by atoms with E-state index in [0.717, 1.165) is 21.9 Å². The smallest absolute Gasteiger partial charge is 0.213 e. The van der Waals surface area contributed by atoms with Crippen molar-refractivity contribution in [2.24, 2.45) is 0 Å². The summed E-state index contributed by atoms with van der Waals surface area (Å²) >= 11 is 0. The SMILES string of the molecule is COCCOc1cc2ncnc(-c3c[nH]c4cc(OOC)c(OOC)cc34)c2cc1OC.Cl. The Labute approximate surface area is 195 Å². The lowest BCUT2D eigenvalue weighted by atomic mass is 10.0. The lowest BCUT2D eigenvalue weighted by Crippen LogP contribution is -2.05. The molecule has 2 heterocycles. The molecular formula is C22H24ClN3O7. The topological polar surface area (TPSA) is 106 Å². The third kappa shape index (κ3) is 4.88. The molecule has 4 rings (SSSR count). The molecule has 0 saturated heterocycles. The maximum Gasteiger partial charge on any atom is 0.213 e. The second-order valence-electron chi connectivity index (χ2n) is 6.63. The van der Waals surface area contributed by atoms with Gasteiger partial charge in [0, 0.05) is 41.8 Å². The van der Waals surface area contributed by atoms with Crippen molar-refractivity contribution < 1.29 is 33.8 Å². The van der Waals surface area contributed by atoms with E-state index in [1.807, 2.05) is 18.3 Å². The van der Waals surface area contributed by atoms with Gasteiger partial charge < -0.3 is 29.0 Å². The molecule has 0 aliphatic rings. The Morgan fingerprint density at radius 3 is 2.21 bits per heavy atom. The number of rotatable bonds is 10. The van der Waals surface area contributed by atoms with Gasteiger partial charge in [-0.25, -0.2) is 9.97 Å². The molecule has 2 aromatic carbocycles. The predicted molar refractivity (Wildman–Crippen MR) is 123 cm³/mol. The first-order valence-corrected chi connectivity index (χ1v) is 9.71. The molecule has 4 aromatic rings. The zero-order valence-electron chi connectivity index (χ0n) is 18.5. The predicted octanol–water partition coefficient (Wildman–Crippen LogP) is 4.11. The molecule has 1 N–H and O–H groups in total. The van der Waals surface area contributed by atoms with Crippen molar-refractivity contribution in [1.82, 2.24) is 15.0 Å². The van der Waals surface area contributed by atoms with Crippen molar-refractivity contribution in [2.75, 3.05) is 41.7 Å². The Balaban J connectivity index is 0.00000306. The summed E-state index contributed by atoms with van der Waals surface area (Å²) in [5.74, 6) is 1.87. The number of nitrogens with one attached hydrogen (secondary N) is 1. The largest absolute Gasteiger partial charge is 0.493 e. The lowest BCUT2D eigenvalue weighted by Gasteiger charge is -2.13. The molecule has 2 aromatic heterocycles. The quantitative estimate of drug-likeness (QED) is 0.205. The summed E-state index contributed by atoms with van der Waals surface area (Å²) < 4.78 is 16.4. The minimum atomic E-state index is 0. The van der Waals surface area contributed by atoms with Crippen LogP contribution in [-0.4, -0.2) is 56.6 Å². The summed E-state index contributed by atoms with van der Waals surface area (Å²) in [5, 5.41) is 1.65. The lowest BCUT2D eigenvalue weighted by molar-refractivity contribution is -0.201. The van der Waals surface area contributed by atoms with Crippen molar-refractivity contribution in [3.63, 3.8) is 0 Å². The first-order chi connectivity index (χ1) is 15.7. The molecule has 0 unspecified atom stereocenters. The average Bonchev–Trinajstić information content (AvgIpc) is 3.21. The standard InChI is InChI=1S/C22H23N3O7.ClH/c1-26-5-6-30-19-9-17-14(8-18(19)27-2)22(25-12-24-17)15-11-23-16-10-21(32-29-4)20(31-28-3)7-13(15)16;/h7-12,23H,5-6H2,1-4H3;1H. The monoisotopic (exact) mass is 477 g/mol. The number of hydrogen-bond acceptors (Lipinski definition) is 9. The van der Waals surface area contributed by atoms with Crippen molar-refractivity contribution in [2.45, 2.75) is 0 Å². The van der Waals surface area contributed by atoms with Crippen molar-refractivity contribution in [1.29, 1.82) is 0 Å². The van der Waals surface area contributed by atoms with Crippen LogP contribution in [0.5, 0.6) is 23.0 Å². The van der Waals surface area contributed by atoms with Gasteiger partial charge in [0.2, 0.25) is 11.5 Å². The third-order valence-corrected chi connectivity index (χ3v) is 4.81. The number of halogens is 1. The van der Waals surface area contributed by atoms with E-state index in [1.54, 1.807) is 26.4 Å². The molecule has 0 spiro atoms. The Kier molecular flexibility index (Phi) is 8.12. The second kappa shape index (κ2) is 11.0. The van der Waals surface area contributed by atoms with E-state index in [1.165, 1.54) is 20.5 Å². The molecule has 176 valence electrons. The zero-order chi connectivity index (χ0) is 22.5. The summed E-state index contributed by atoms with van der Waals surface area (Å²) in [6.07, 6.45) is 3.37. The van der Waals surface area contributed by atoms with Gasteiger partial charge in [0.25, 0.3) is 0 Å². The number of fused-ring (bicyclic) bond motifs is 2. The Morgan fingerprint density at radius 2 is 1.52 bits per heavy atom. The summed E-state index contributed by atoms with van der Waals surface area (Å²) in [6, 6.07) is 7.23. The first-order valence-electron chi connectivity index (χ1n) is 9.71. The third-order valence-electron chi connectivity index (χ3n) is 4.81. The van der Waals surface area contributed by atoms with Gasteiger partial charge in [-0.3, -0.25) is 0 Å². The number of nitrogens with zero attached hydrogens (tertiary/aromatic N) is 2. The van der Waals surface area contributed by atoms with Gasteiger partial charge in [0.1, 0.15) is 12.9 Å². The van der Waals surface area contributed by atoms with Crippen LogP contribution >= 0.6 is 12.4 Å². The van der Waals surface area contributed by atoms with Gasteiger partial charge in [-0.15, -0.1) is 12.4 Å². The molecule has 0 aliphatic carbocycles. The molecule has 33 heavy (non-hydrogen) atoms. The summed E-state index contributed by atoms with van der Waals surface area (Å²) in [6.45, 7) is 0.860. The van der Waals surface area contributed by atoms with Crippen LogP contribution in [0.3, 0.4) is 0 Å². The van der Waals surface area contributed by atoms with Crippen LogP contribution in [0, 0.1) is 0 Å². The normalized spacial score (nSPS) is 10.8. The summed E-state index contributed by atoms with van der Waals surface area (Å²) in [5.41, 5.74) is 3.07. The number of aromatic nitrogens is 3. The van der Waals surface area contributed by atoms with E-state index in [9.17, 15) is 0 Å². The fourth-order valence-electron chi connectivity index (χ4n) is 3.42. The van der Waals surface area contributed by atoms with Crippen LogP contribution < -0.4 is 19.2 Å². The van der Waals surface area contributed by atoms with Crippen molar-refractivity contribution >= 4 is 34.2 Å². The van der Waals surface area contributed by atoms with Crippen molar-refractivity contribution in [3.05, 3.63) is 36.8 Å². The van der Waals surface area contributed by atoms with E-state index >= 15 is 0 Å². The number of H-pyrrole nitrogens is 1. The first kappa shape index (κ1) is 24.3. The number of aromatic amines is 1.